The molecule has 1 aliphatic rings. The normalized spacial score (nSPS) is 19.9. The molecule has 1 aromatic rings. The van der Waals surface area contributed by atoms with Gasteiger partial charge in [0.25, 0.3) is 0 Å². The third kappa shape index (κ3) is 3.49. The van der Waals surface area contributed by atoms with Crippen molar-refractivity contribution in [3.05, 3.63) is 21.1 Å². The van der Waals surface area contributed by atoms with Crippen LogP contribution in [0, 0.1) is 5.41 Å². The van der Waals surface area contributed by atoms with Crippen LogP contribution in [0.15, 0.2) is 4.47 Å². The molecule has 0 atom stereocenters. The molecule has 2 nitrogen and oxygen atoms in total. The highest BCUT2D eigenvalue weighted by Crippen LogP contribution is 2.42. The van der Waals surface area contributed by atoms with Crippen molar-refractivity contribution in [2.75, 3.05) is 0 Å². The van der Waals surface area contributed by atoms with Crippen molar-refractivity contribution in [1.29, 1.82) is 0 Å². The standard InChI is InChI=1S/C15H22BrClN2/c1-9(2)12-11(16)13(17)19-14(18-12)10-5-7-15(3,4)8-6-10/h9-10H,5-8H2,1-4H3. The summed E-state index contributed by atoms with van der Waals surface area (Å²) in [5.41, 5.74) is 1.50. The molecule has 1 fully saturated rings. The topological polar surface area (TPSA) is 25.8 Å². The molecule has 19 heavy (non-hydrogen) atoms. The van der Waals surface area contributed by atoms with E-state index in [9.17, 15) is 0 Å². The summed E-state index contributed by atoms with van der Waals surface area (Å²) in [5, 5.41) is 0.554. The number of rotatable bonds is 2. The van der Waals surface area contributed by atoms with Crippen molar-refractivity contribution in [3.63, 3.8) is 0 Å². The van der Waals surface area contributed by atoms with Crippen LogP contribution < -0.4 is 0 Å². The van der Waals surface area contributed by atoms with Crippen molar-refractivity contribution in [3.8, 4) is 0 Å². The third-order valence-corrected chi connectivity index (χ3v) is 5.39. The van der Waals surface area contributed by atoms with Crippen LogP contribution in [0.5, 0.6) is 0 Å². The van der Waals surface area contributed by atoms with E-state index in [0.717, 1.165) is 16.0 Å². The maximum atomic E-state index is 6.24. The smallest absolute Gasteiger partial charge is 0.147 e. The fraction of sp³-hybridized carbons (Fsp3) is 0.733. The highest BCUT2D eigenvalue weighted by Gasteiger charge is 2.30. The number of halogens is 2. The van der Waals surface area contributed by atoms with Gasteiger partial charge in [0.05, 0.1) is 10.2 Å². The van der Waals surface area contributed by atoms with E-state index in [4.69, 9.17) is 16.6 Å². The minimum Gasteiger partial charge on any atom is -0.236 e. The molecule has 4 heteroatoms. The first-order chi connectivity index (χ1) is 8.80. The van der Waals surface area contributed by atoms with E-state index < -0.39 is 0 Å². The second-order valence-corrected chi connectivity index (χ2v) is 7.82. The van der Waals surface area contributed by atoms with Gasteiger partial charge < -0.3 is 0 Å². The molecule has 0 bridgehead atoms. The highest BCUT2D eigenvalue weighted by molar-refractivity contribution is 9.10. The average molecular weight is 346 g/mol. The second-order valence-electron chi connectivity index (χ2n) is 6.67. The number of hydrogen-bond donors (Lipinski definition) is 0. The Hall–Kier alpha value is -0.150. The van der Waals surface area contributed by atoms with Crippen LogP contribution in [0.1, 0.15) is 76.7 Å². The Kier molecular flexibility index (Phi) is 4.56. The van der Waals surface area contributed by atoms with Crippen LogP contribution in [0.4, 0.5) is 0 Å². The summed E-state index contributed by atoms with van der Waals surface area (Å²) in [5.74, 6) is 1.76. The molecule has 0 amide bonds. The van der Waals surface area contributed by atoms with E-state index in [2.05, 4.69) is 48.6 Å². The van der Waals surface area contributed by atoms with Crippen LogP contribution in [0.3, 0.4) is 0 Å². The quantitative estimate of drug-likeness (QED) is 0.642. The first-order valence-corrected chi connectivity index (χ1v) is 8.20. The maximum absolute atomic E-state index is 6.24. The van der Waals surface area contributed by atoms with Gasteiger partial charge in [0.1, 0.15) is 11.0 Å². The van der Waals surface area contributed by atoms with Crippen LogP contribution in [-0.2, 0) is 0 Å². The summed E-state index contributed by atoms with van der Waals surface area (Å²) in [7, 11) is 0. The van der Waals surface area contributed by atoms with E-state index >= 15 is 0 Å². The number of aromatic nitrogens is 2. The Labute approximate surface area is 129 Å². The molecule has 2 rings (SSSR count). The Morgan fingerprint density at radius 3 is 2.32 bits per heavy atom. The van der Waals surface area contributed by atoms with Gasteiger partial charge in [-0.25, -0.2) is 9.97 Å². The fourth-order valence-corrected chi connectivity index (χ4v) is 3.49. The fourth-order valence-electron chi connectivity index (χ4n) is 2.68. The lowest BCUT2D eigenvalue weighted by atomic mass is 9.73. The lowest BCUT2D eigenvalue weighted by Gasteiger charge is -2.33. The largest absolute Gasteiger partial charge is 0.236 e. The number of hydrogen-bond acceptors (Lipinski definition) is 2. The molecular weight excluding hydrogens is 324 g/mol. The van der Waals surface area contributed by atoms with Crippen LogP contribution in [0.25, 0.3) is 0 Å². The molecule has 1 aromatic heterocycles. The van der Waals surface area contributed by atoms with Gasteiger partial charge in [-0.05, 0) is 52.9 Å². The van der Waals surface area contributed by atoms with Crippen molar-refractivity contribution in [1.82, 2.24) is 9.97 Å². The van der Waals surface area contributed by atoms with Crippen LogP contribution >= 0.6 is 27.5 Å². The van der Waals surface area contributed by atoms with E-state index in [1.807, 2.05) is 0 Å². The summed E-state index contributed by atoms with van der Waals surface area (Å²) >= 11 is 9.74. The lowest BCUT2D eigenvalue weighted by molar-refractivity contribution is 0.220. The van der Waals surface area contributed by atoms with Gasteiger partial charge in [0, 0.05) is 5.92 Å². The molecule has 0 unspecified atom stereocenters. The predicted molar refractivity (Wildman–Crippen MR) is 83.8 cm³/mol. The molecule has 0 N–H and O–H groups in total. The number of nitrogens with zero attached hydrogens (tertiary/aromatic N) is 2. The Balaban J connectivity index is 2.26. The molecule has 106 valence electrons. The van der Waals surface area contributed by atoms with Gasteiger partial charge in [-0.1, -0.05) is 39.3 Å². The molecule has 0 saturated heterocycles. The summed E-state index contributed by atoms with van der Waals surface area (Å²) in [4.78, 5) is 9.26. The van der Waals surface area contributed by atoms with E-state index in [-0.39, 0.29) is 0 Å². The zero-order valence-electron chi connectivity index (χ0n) is 12.1. The Morgan fingerprint density at radius 1 is 1.21 bits per heavy atom. The summed E-state index contributed by atoms with van der Waals surface area (Å²) < 4.78 is 0.851. The summed E-state index contributed by atoms with van der Waals surface area (Å²) in [6, 6.07) is 0. The maximum Gasteiger partial charge on any atom is 0.147 e. The van der Waals surface area contributed by atoms with E-state index in [1.165, 1.54) is 25.7 Å². The predicted octanol–water partition coefficient (Wildman–Crippen LogP) is 5.70. The van der Waals surface area contributed by atoms with Gasteiger partial charge in [-0.2, -0.15) is 0 Å². The minimum atomic E-state index is 0.355. The van der Waals surface area contributed by atoms with Crippen LogP contribution in [-0.4, -0.2) is 9.97 Å². The molecule has 0 radical (unpaired) electrons. The highest BCUT2D eigenvalue weighted by atomic mass is 79.9. The van der Waals surface area contributed by atoms with E-state index in [1.54, 1.807) is 0 Å². The van der Waals surface area contributed by atoms with Gasteiger partial charge >= 0.3 is 0 Å². The molecule has 0 spiro atoms. The second kappa shape index (κ2) is 5.69. The monoisotopic (exact) mass is 344 g/mol. The summed E-state index contributed by atoms with van der Waals surface area (Å²) in [6.45, 7) is 8.96. The third-order valence-electron chi connectivity index (χ3n) is 4.10. The average Bonchev–Trinajstić information content (AvgIpc) is 2.32. The molecule has 0 aromatic carbocycles. The SMILES string of the molecule is CC(C)c1nc(C2CCC(C)(C)CC2)nc(Cl)c1Br. The van der Waals surface area contributed by atoms with Gasteiger partial charge in [-0.15, -0.1) is 0 Å². The summed E-state index contributed by atoms with van der Waals surface area (Å²) in [6.07, 6.45) is 4.82. The first kappa shape index (κ1) is 15.2. The van der Waals surface area contributed by atoms with Gasteiger partial charge in [0.2, 0.25) is 0 Å². The van der Waals surface area contributed by atoms with Crippen LogP contribution in [0.2, 0.25) is 5.15 Å². The zero-order chi connectivity index (χ0) is 14.2. The molecule has 0 aliphatic heterocycles. The van der Waals surface area contributed by atoms with Gasteiger partial charge in [-0.3, -0.25) is 0 Å². The van der Waals surface area contributed by atoms with E-state index in [0.29, 0.717) is 22.4 Å². The molecular formula is C15H22BrClN2. The Bertz CT molecular complexity index is 461. The van der Waals surface area contributed by atoms with Crippen molar-refractivity contribution in [2.45, 2.75) is 65.2 Å². The zero-order valence-corrected chi connectivity index (χ0v) is 14.5. The lowest BCUT2D eigenvalue weighted by Crippen LogP contribution is -2.21. The minimum absolute atomic E-state index is 0.355. The van der Waals surface area contributed by atoms with Crippen molar-refractivity contribution >= 4 is 27.5 Å². The molecule has 1 heterocycles. The molecule has 1 saturated carbocycles. The molecule has 1 aliphatic carbocycles. The van der Waals surface area contributed by atoms with Crippen molar-refractivity contribution < 1.29 is 0 Å². The Morgan fingerprint density at radius 2 is 1.79 bits per heavy atom. The van der Waals surface area contributed by atoms with Gasteiger partial charge in [0.15, 0.2) is 0 Å². The first-order valence-electron chi connectivity index (χ1n) is 7.03. The van der Waals surface area contributed by atoms with Crippen molar-refractivity contribution in [2.24, 2.45) is 5.41 Å².